The minimum Gasteiger partial charge on any atom is -0.491 e. The van der Waals surface area contributed by atoms with Crippen LogP contribution in [0, 0.1) is 41.2 Å². The number of ether oxygens (including phenoxy) is 1. The van der Waals surface area contributed by atoms with Crippen LogP contribution in [0.1, 0.15) is 83.1 Å². The van der Waals surface area contributed by atoms with Crippen LogP contribution in [0.5, 0.6) is 5.75 Å². The monoisotopic (exact) mass is 460 g/mol. The SMILES string of the molecule is CCOc1ccc(C2=CCC(C3CCC(C4CCC(/C=C/CF)CC4)CC3)CC2)c(F)c1F. The van der Waals surface area contributed by atoms with Crippen molar-refractivity contribution in [2.75, 3.05) is 13.3 Å². The van der Waals surface area contributed by atoms with Gasteiger partial charge in [-0.05, 0) is 125 Å². The van der Waals surface area contributed by atoms with Crippen LogP contribution < -0.4 is 4.74 Å². The smallest absolute Gasteiger partial charge is 0.201 e. The van der Waals surface area contributed by atoms with Gasteiger partial charge in [0.15, 0.2) is 11.6 Å². The van der Waals surface area contributed by atoms with E-state index >= 15 is 0 Å². The van der Waals surface area contributed by atoms with Gasteiger partial charge in [-0.15, -0.1) is 0 Å². The van der Waals surface area contributed by atoms with E-state index in [2.05, 4.69) is 12.2 Å². The zero-order chi connectivity index (χ0) is 23.2. The van der Waals surface area contributed by atoms with Crippen LogP contribution in [-0.4, -0.2) is 13.3 Å². The lowest BCUT2D eigenvalue weighted by atomic mass is 9.66. The van der Waals surface area contributed by atoms with Gasteiger partial charge < -0.3 is 4.74 Å². The van der Waals surface area contributed by atoms with E-state index in [1.54, 1.807) is 25.1 Å². The fourth-order valence-electron chi connectivity index (χ4n) is 6.71. The normalized spacial score (nSPS) is 30.9. The average Bonchev–Trinajstić information content (AvgIpc) is 2.86. The van der Waals surface area contributed by atoms with E-state index in [0.29, 0.717) is 24.0 Å². The Morgan fingerprint density at radius 3 is 2.06 bits per heavy atom. The summed E-state index contributed by atoms with van der Waals surface area (Å²) in [6.07, 6.45) is 19.2. The molecule has 0 N–H and O–H groups in total. The van der Waals surface area contributed by atoms with Gasteiger partial charge in [-0.25, -0.2) is 8.78 Å². The molecule has 0 heterocycles. The fraction of sp³-hybridized carbons (Fsp3) is 0.655. The van der Waals surface area contributed by atoms with Crippen molar-refractivity contribution >= 4 is 5.57 Å². The minimum absolute atomic E-state index is 0.00509. The third-order valence-corrected chi connectivity index (χ3v) is 8.61. The molecule has 182 valence electrons. The van der Waals surface area contributed by atoms with Crippen LogP contribution >= 0.6 is 0 Å². The number of benzene rings is 1. The van der Waals surface area contributed by atoms with Gasteiger partial charge >= 0.3 is 0 Å². The lowest BCUT2D eigenvalue weighted by molar-refractivity contribution is 0.128. The fourth-order valence-corrected chi connectivity index (χ4v) is 6.71. The summed E-state index contributed by atoms with van der Waals surface area (Å²) in [4.78, 5) is 0. The molecule has 1 atom stereocenters. The van der Waals surface area contributed by atoms with Crippen LogP contribution in [0.15, 0.2) is 30.4 Å². The third-order valence-electron chi connectivity index (χ3n) is 8.61. The van der Waals surface area contributed by atoms with E-state index in [1.807, 2.05) is 0 Å². The molecule has 4 heteroatoms. The highest BCUT2D eigenvalue weighted by Gasteiger charge is 2.33. The van der Waals surface area contributed by atoms with E-state index in [-0.39, 0.29) is 12.4 Å². The Kier molecular flexibility index (Phi) is 8.60. The zero-order valence-corrected chi connectivity index (χ0v) is 20.0. The molecule has 0 spiro atoms. The Bertz CT molecular complexity index is 830. The van der Waals surface area contributed by atoms with Crippen LogP contribution in [-0.2, 0) is 0 Å². The summed E-state index contributed by atoms with van der Waals surface area (Å²) >= 11 is 0. The summed E-state index contributed by atoms with van der Waals surface area (Å²) in [6, 6.07) is 3.22. The standard InChI is InChI=1S/C29H39F3O/c1-2-33-27-18-17-26(28(31)29(27)32)25-15-13-24(14-16-25)23-11-9-22(10-12-23)21-7-5-20(6-8-21)4-3-19-30/h3-4,15,17-18,20-24H,2,5-14,16,19H2,1H3/b4-3+. The van der Waals surface area contributed by atoms with Gasteiger partial charge in [-0.2, -0.15) is 4.39 Å². The number of hydrogen-bond donors (Lipinski definition) is 0. The highest BCUT2D eigenvalue weighted by atomic mass is 19.2. The molecule has 1 nitrogen and oxygen atoms in total. The van der Waals surface area contributed by atoms with Crippen molar-refractivity contribution in [2.45, 2.75) is 77.6 Å². The molecule has 2 fully saturated rings. The molecule has 0 bridgehead atoms. The number of alkyl halides is 1. The first-order valence-corrected chi connectivity index (χ1v) is 13.1. The van der Waals surface area contributed by atoms with Crippen molar-refractivity contribution in [2.24, 2.45) is 29.6 Å². The van der Waals surface area contributed by atoms with Crippen molar-refractivity contribution in [1.82, 2.24) is 0 Å². The minimum atomic E-state index is -0.872. The van der Waals surface area contributed by atoms with Gasteiger partial charge in [0.05, 0.1) is 6.61 Å². The van der Waals surface area contributed by atoms with E-state index in [4.69, 9.17) is 4.74 Å². The van der Waals surface area contributed by atoms with Crippen LogP contribution in [0.2, 0.25) is 0 Å². The van der Waals surface area contributed by atoms with Gasteiger partial charge in [-0.1, -0.05) is 18.2 Å². The predicted molar refractivity (Wildman–Crippen MR) is 129 cm³/mol. The lowest BCUT2D eigenvalue weighted by Gasteiger charge is -2.40. The second kappa shape index (κ2) is 11.6. The molecular weight excluding hydrogens is 421 g/mol. The molecule has 1 unspecified atom stereocenters. The first kappa shape index (κ1) is 24.4. The Hall–Kier alpha value is -1.71. The summed E-state index contributed by atoms with van der Waals surface area (Å²) in [7, 11) is 0. The summed E-state index contributed by atoms with van der Waals surface area (Å²) in [5, 5.41) is 0. The van der Waals surface area contributed by atoms with E-state index in [9.17, 15) is 13.2 Å². The molecule has 3 aliphatic carbocycles. The van der Waals surface area contributed by atoms with Gasteiger partial charge in [0.25, 0.3) is 0 Å². The number of rotatable bonds is 7. The van der Waals surface area contributed by atoms with Gasteiger partial charge in [0.1, 0.15) is 6.67 Å². The van der Waals surface area contributed by atoms with Gasteiger partial charge in [0, 0.05) is 5.56 Å². The molecule has 3 aliphatic rings. The molecular formula is C29H39F3O. The molecule has 2 saturated carbocycles. The van der Waals surface area contributed by atoms with Crippen molar-refractivity contribution in [3.8, 4) is 5.75 Å². The Labute approximate surface area is 197 Å². The third kappa shape index (κ3) is 5.87. The molecule has 0 aromatic heterocycles. The summed E-state index contributed by atoms with van der Waals surface area (Å²) in [5.41, 5.74) is 1.34. The summed E-state index contributed by atoms with van der Waals surface area (Å²) in [5.74, 6) is 2.10. The molecule has 0 saturated heterocycles. The van der Waals surface area contributed by atoms with Gasteiger partial charge in [0.2, 0.25) is 5.82 Å². The quantitative estimate of drug-likeness (QED) is 0.370. The van der Waals surface area contributed by atoms with Gasteiger partial charge in [-0.3, -0.25) is 0 Å². The second-order valence-corrected chi connectivity index (χ2v) is 10.4. The maximum absolute atomic E-state index is 14.6. The van der Waals surface area contributed by atoms with Crippen LogP contribution in [0.25, 0.3) is 5.57 Å². The molecule has 1 aromatic rings. The molecule has 1 aromatic carbocycles. The topological polar surface area (TPSA) is 9.23 Å². The van der Waals surface area contributed by atoms with Crippen molar-refractivity contribution in [3.05, 3.63) is 47.6 Å². The lowest BCUT2D eigenvalue weighted by Crippen LogP contribution is -2.28. The first-order valence-electron chi connectivity index (χ1n) is 13.1. The Balaban J connectivity index is 1.27. The Morgan fingerprint density at radius 2 is 1.48 bits per heavy atom. The predicted octanol–water partition coefficient (Wildman–Crippen LogP) is 8.69. The molecule has 4 rings (SSSR count). The Morgan fingerprint density at radius 1 is 0.848 bits per heavy atom. The first-order chi connectivity index (χ1) is 16.1. The maximum Gasteiger partial charge on any atom is 0.201 e. The second-order valence-electron chi connectivity index (χ2n) is 10.4. The average molecular weight is 461 g/mol. The van der Waals surface area contributed by atoms with E-state index < -0.39 is 11.6 Å². The molecule has 33 heavy (non-hydrogen) atoms. The van der Waals surface area contributed by atoms with Crippen LogP contribution in [0.3, 0.4) is 0 Å². The highest BCUT2D eigenvalue weighted by molar-refractivity contribution is 5.67. The van der Waals surface area contributed by atoms with Crippen LogP contribution in [0.4, 0.5) is 13.2 Å². The van der Waals surface area contributed by atoms with Crippen molar-refractivity contribution < 1.29 is 17.9 Å². The maximum atomic E-state index is 14.6. The number of allylic oxidation sites excluding steroid dienone is 4. The van der Waals surface area contributed by atoms with Crippen molar-refractivity contribution in [1.29, 1.82) is 0 Å². The highest BCUT2D eigenvalue weighted by Crippen LogP contribution is 2.46. The van der Waals surface area contributed by atoms with Crippen molar-refractivity contribution in [3.63, 3.8) is 0 Å². The number of hydrogen-bond acceptors (Lipinski definition) is 1. The molecule has 0 amide bonds. The van der Waals surface area contributed by atoms with E-state index in [0.717, 1.165) is 42.6 Å². The number of halogens is 3. The molecule has 0 aliphatic heterocycles. The zero-order valence-electron chi connectivity index (χ0n) is 20.0. The summed E-state index contributed by atoms with van der Waals surface area (Å²) < 4.78 is 46.4. The van der Waals surface area contributed by atoms with E-state index in [1.165, 1.54) is 51.4 Å². The molecule has 0 radical (unpaired) electrons. The largest absolute Gasteiger partial charge is 0.491 e. The summed E-state index contributed by atoms with van der Waals surface area (Å²) in [6.45, 7) is 1.75.